The Kier molecular flexibility index (Phi) is 55.6. The molecule has 0 spiro atoms. The number of unbranched alkanes of at least 4 members (excludes halogenated alkanes) is 18. The monoisotopic (exact) mass is 1420 g/mol. The maximum atomic E-state index is 13.1. The number of esters is 2. The van der Waals surface area contributed by atoms with Crippen LogP contribution in [0.2, 0.25) is 0 Å². The summed E-state index contributed by atoms with van der Waals surface area (Å²) in [5.74, 6) is -1.53. The fraction of sp³-hybridized carbons (Fsp3) is 0.841. The van der Waals surface area contributed by atoms with E-state index in [9.17, 15) is 72.3 Å². The molecule has 30 heteroatoms. The van der Waals surface area contributed by atoms with Gasteiger partial charge in [0.15, 0.2) is 6.10 Å². The van der Waals surface area contributed by atoms with Crippen molar-refractivity contribution in [2.75, 3.05) is 126 Å². The zero-order valence-corrected chi connectivity index (χ0v) is 63.8. The first-order chi connectivity index (χ1) is 42.5. The molecule has 0 heterocycles. The molecule has 0 amide bonds. The molecule has 0 bridgehead atoms. The molecule has 93 heavy (non-hydrogen) atoms. The summed E-state index contributed by atoms with van der Waals surface area (Å²) in [5.41, 5.74) is 0. The van der Waals surface area contributed by atoms with E-state index in [4.69, 9.17) is 18.5 Å². The molecular formula is C63H130N4O22P4. The lowest BCUT2D eigenvalue weighted by Gasteiger charge is -2.49. The maximum absolute atomic E-state index is 13.1. The molecule has 0 aromatic carbocycles. The lowest BCUT2D eigenvalue weighted by molar-refractivity contribution is -0.849. The summed E-state index contributed by atoms with van der Waals surface area (Å²) in [6.07, 6.45) is 21.9. The van der Waals surface area contributed by atoms with E-state index in [-0.39, 0.29) is 12.8 Å². The minimum absolute atomic E-state index is 0.000994. The highest BCUT2D eigenvalue weighted by Crippen LogP contribution is 2.50. The summed E-state index contributed by atoms with van der Waals surface area (Å²) < 4.78 is 84.6. The van der Waals surface area contributed by atoms with Gasteiger partial charge in [-0.25, -0.2) is 0 Å². The van der Waals surface area contributed by atoms with Gasteiger partial charge in [-0.3, -0.25) is 27.8 Å². The van der Waals surface area contributed by atoms with Crippen LogP contribution in [0.15, 0.2) is 48.6 Å². The van der Waals surface area contributed by atoms with Crippen molar-refractivity contribution in [3.63, 3.8) is 0 Å². The lowest BCUT2D eigenvalue weighted by Crippen LogP contribution is -2.66. The number of aliphatic hydroxyl groups excluding tert-OH is 2. The van der Waals surface area contributed by atoms with E-state index in [0.29, 0.717) is 25.7 Å². The Morgan fingerprint density at radius 2 is 0.688 bits per heavy atom. The number of ether oxygens (including phenoxy) is 2. The quantitative estimate of drug-likeness (QED) is 0.0126. The summed E-state index contributed by atoms with van der Waals surface area (Å²) in [6.45, 7) is 2.55. The average Bonchev–Trinajstić information content (AvgIpc) is 0.762. The Labute approximate surface area is 561 Å². The number of aliphatic hydroxyl groups is 2. The third-order valence-electron chi connectivity index (χ3n) is 11.4. The fourth-order valence-corrected chi connectivity index (χ4v) is 10.3. The highest BCUT2D eigenvalue weighted by Gasteiger charge is 2.56. The van der Waals surface area contributed by atoms with Crippen LogP contribution in [-0.2, 0) is 59.9 Å². The number of phosphoric ester groups is 4. The van der Waals surface area contributed by atoms with E-state index >= 15 is 0 Å². The van der Waals surface area contributed by atoms with Gasteiger partial charge in [-0.2, -0.15) is 0 Å². The summed E-state index contributed by atoms with van der Waals surface area (Å²) in [7, 11) is 9.75. The van der Waals surface area contributed by atoms with Crippen molar-refractivity contribution in [2.45, 2.75) is 224 Å². The van der Waals surface area contributed by atoms with E-state index in [1.165, 1.54) is 77.0 Å². The molecule has 0 radical (unpaired) electrons. The molecule has 5 N–H and O–H groups in total. The normalized spacial score (nSPS) is 20.9. The third kappa shape index (κ3) is 80.7. The van der Waals surface area contributed by atoms with E-state index < -0.39 is 99.2 Å². The number of phosphoric acid groups is 4. The number of nitrogens with zero attached hydrogens (tertiary/aromatic N) is 4. The number of rotatable bonds is 44. The van der Waals surface area contributed by atoms with Crippen molar-refractivity contribution in [3.8, 4) is 0 Å². The van der Waals surface area contributed by atoms with Crippen LogP contribution in [0.5, 0.6) is 0 Å². The molecular weight excluding hydrogens is 1290 g/mol. The first kappa shape index (κ1) is 97.5. The molecule has 1 rings (SSSR count). The number of hydrogen-bond donors (Lipinski definition) is 5. The van der Waals surface area contributed by atoms with Gasteiger partial charge >= 0.3 is 11.9 Å². The number of allylic oxidation sites excluding steroid dienone is 8. The van der Waals surface area contributed by atoms with Crippen molar-refractivity contribution in [2.24, 2.45) is 0 Å². The van der Waals surface area contributed by atoms with Gasteiger partial charge in [0.25, 0.3) is 31.3 Å². The molecule has 1 aliphatic rings. The zero-order chi connectivity index (χ0) is 72.6. The maximum Gasteiger partial charge on any atom is 0.306 e. The highest BCUT2D eigenvalue weighted by atomic mass is 31.2. The molecule has 554 valence electrons. The highest BCUT2D eigenvalue weighted by molar-refractivity contribution is 7.46. The molecule has 6 unspecified atom stereocenters. The van der Waals surface area contributed by atoms with Crippen LogP contribution in [0.3, 0.4) is 0 Å². The van der Waals surface area contributed by atoms with Crippen molar-refractivity contribution >= 4 is 43.2 Å². The Hall–Kier alpha value is -1.90. The number of carbonyl (C=O) groups is 2. The Bertz CT molecular complexity index is 2110. The average molecular weight is 1420 g/mol. The summed E-state index contributed by atoms with van der Waals surface area (Å²) in [6, 6.07) is 0. The van der Waals surface area contributed by atoms with Crippen LogP contribution >= 0.6 is 31.3 Å². The topological polar surface area (TPSA) is 360 Å². The van der Waals surface area contributed by atoms with Gasteiger partial charge in [0, 0.05) is 12.8 Å². The van der Waals surface area contributed by atoms with Gasteiger partial charge in [-0.1, -0.05) is 165 Å². The van der Waals surface area contributed by atoms with Crippen LogP contribution in [0.1, 0.15) is 181 Å². The standard InChI is InChI=1S/C47H86O22P4.4C4H12N/c1-3-5-7-9-11-13-15-17-19-20-22-24-26-28-30-32-34-36-41(49)65-39(37-63-40(48)35-33-31-29-27-25-23-21-18-16-14-12-10-8-6-4-2)38-64-73(61,62)69-44-42(50)45(66-70(52,53)54)47(68-72(58,59)60)46(43(44)51)67-71(55,56)57;4*1-5(2,3)4/h11,13,17,19,22,24,28,30,39,42-47,50-51H,3-10,12,14-16,18,20-21,23,25-27,29,31-38H2,1-2H3,(H,61,62)(H2,52,53,54)(H2,55,56,57)(H2,58,59,60);4*1-4H3/q;4*+1/p-4/b13-11-,19-17-,24-22-,30-28-;;;;/t39-,42-,43-,44?,45-,46+,47?;;;;/m1..../s1. The smallest absolute Gasteiger partial charge is 0.306 e. The van der Waals surface area contributed by atoms with Crippen molar-refractivity contribution in [1.29, 1.82) is 0 Å². The molecule has 11 atom stereocenters. The van der Waals surface area contributed by atoms with E-state index in [1.807, 2.05) is 24.3 Å². The number of carbonyl (C=O) groups excluding carboxylic acids is 2. The number of hydrogen-bond acceptors (Lipinski definition) is 19. The number of quaternary nitrogens is 4. The molecule has 1 fully saturated rings. The predicted molar refractivity (Wildman–Crippen MR) is 359 cm³/mol. The molecule has 1 aliphatic carbocycles. The van der Waals surface area contributed by atoms with Crippen molar-refractivity contribution < 1.29 is 122 Å². The van der Waals surface area contributed by atoms with E-state index in [2.05, 4.69) is 164 Å². The second-order valence-electron chi connectivity index (χ2n) is 28.6. The zero-order valence-electron chi connectivity index (χ0n) is 60.2. The SMILES string of the molecule is CCCCC/C=C\C/C=C\C/C=C\C/C=C\CCCC(=O)O[C@H](COC(=O)CCCCCCCCCCCCCCCCC)COP(=O)([O-])OC1[C@@H](O)[C@H](OP(=O)([O-])O)C(OP(=O)([O-])O)[C@H](OP(=O)([O-])O)[C@@H]1O.C[N+](C)(C)C.C[N+](C)(C)C.C[N+](C)(C)C.C[N+](C)(C)C. The van der Waals surface area contributed by atoms with Crippen LogP contribution in [0.4, 0.5) is 0 Å². The Morgan fingerprint density at radius 1 is 0.398 bits per heavy atom. The van der Waals surface area contributed by atoms with Crippen molar-refractivity contribution in [3.05, 3.63) is 48.6 Å². The van der Waals surface area contributed by atoms with Crippen LogP contribution in [-0.4, -0.2) is 223 Å². The Balaban J connectivity index is -0.00000171. The predicted octanol–water partition coefficient (Wildman–Crippen LogP) is 8.28. The van der Waals surface area contributed by atoms with E-state index in [1.54, 1.807) is 0 Å². The van der Waals surface area contributed by atoms with E-state index in [0.717, 1.165) is 69.3 Å². The van der Waals surface area contributed by atoms with Crippen LogP contribution in [0.25, 0.3) is 0 Å². The lowest BCUT2D eigenvalue weighted by atomic mass is 9.85. The first-order valence-corrected chi connectivity index (χ1v) is 38.7. The van der Waals surface area contributed by atoms with Gasteiger partial charge in [0.2, 0.25) is 0 Å². The minimum atomic E-state index is -6.10. The molecule has 1 saturated carbocycles. The minimum Gasteiger partial charge on any atom is -0.756 e. The summed E-state index contributed by atoms with van der Waals surface area (Å²) in [5, 5.41) is 21.7. The first-order valence-electron chi connectivity index (χ1n) is 32.8. The molecule has 26 nitrogen and oxygen atoms in total. The molecule has 0 aromatic heterocycles. The van der Waals surface area contributed by atoms with Gasteiger partial charge in [-0.05, 0) is 51.4 Å². The largest absolute Gasteiger partial charge is 0.756 e. The second kappa shape index (κ2) is 53.1. The molecule has 0 aliphatic heterocycles. The van der Waals surface area contributed by atoms with Gasteiger partial charge < -0.3 is 94.5 Å². The third-order valence-corrected chi connectivity index (χ3v) is 13.8. The summed E-state index contributed by atoms with van der Waals surface area (Å²) in [4.78, 5) is 101. The Morgan fingerprint density at radius 3 is 1.03 bits per heavy atom. The second-order valence-corrected chi connectivity index (χ2v) is 33.4. The van der Waals surface area contributed by atoms with Crippen molar-refractivity contribution in [1.82, 2.24) is 0 Å². The van der Waals surface area contributed by atoms with Crippen LogP contribution in [0, 0.1) is 0 Å². The summed E-state index contributed by atoms with van der Waals surface area (Å²) >= 11 is 0. The van der Waals surface area contributed by atoms with Gasteiger partial charge in [-0.15, -0.1) is 0 Å². The van der Waals surface area contributed by atoms with Gasteiger partial charge in [0.05, 0.1) is 119 Å². The molecule has 0 aromatic rings. The van der Waals surface area contributed by atoms with Gasteiger partial charge in [0.1, 0.15) is 43.2 Å². The fourth-order valence-electron chi connectivity index (χ4n) is 7.64. The van der Waals surface area contributed by atoms with Crippen LogP contribution < -0.4 is 19.6 Å². The molecule has 0 saturated heterocycles.